The molecule has 10 unspecified atom stereocenters. The molecule has 0 aromatic heterocycles. The topological polar surface area (TPSA) is 247 Å². The first-order chi connectivity index (χ1) is 19.8. The second-order valence-corrected chi connectivity index (χ2v) is 11.5. The summed E-state index contributed by atoms with van der Waals surface area (Å²) in [6, 6.07) is 0. The first-order valence-electron chi connectivity index (χ1n) is 14.1. The summed E-state index contributed by atoms with van der Waals surface area (Å²) in [5.41, 5.74) is -1.16. The van der Waals surface area contributed by atoms with Crippen molar-refractivity contribution in [3.8, 4) is 0 Å². The van der Waals surface area contributed by atoms with Crippen LogP contribution in [0.25, 0.3) is 0 Å². The lowest BCUT2D eigenvalue weighted by molar-refractivity contribution is -0.388. The van der Waals surface area contributed by atoms with Gasteiger partial charge in [0, 0.05) is 7.11 Å². The summed E-state index contributed by atoms with van der Waals surface area (Å²) in [5, 5.41) is 94.2. The molecule has 0 spiro atoms. The molecule has 0 saturated carbocycles. The summed E-state index contributed by atoms with van der Waals surface area (Å²) < 4.78 is 40.3. The van der Waals surface area contributed by atoms with E-state index in [4.69, 9.17) is 33.2 Å². The molecule has 0 aliphatic carbocycles. The second-order valence-electron chi connectivity index (χ2n) is 11.5. The van der Waals surface area contributed by atoms with Crippen molar-refractivity contribution in [2.75, 3.05) is 26.9 Å². The van der Waals surface area contributed by atoms with Crippen LogP contribution in [0.3, 0.4) is 0 Å². The summed E-state index contributed by atoms with van der Waals surface area (Å²) in [5.74, 6) is 0. The van der Waals surface area contributed by atoms with Crippen molar-refractivity contribution >= 4 is 0 Å². The standard InChI is InChI=1S/C26H48O16/c1-6-10(2)37-20-16(32)13(9-29)39-24(19(20)35)42-22-18(34)15(31)12(8-28)40-25(22)41-21-17(33)14(30)11(7-27)38-23(21)26(3,4)36-5/h10-25,27-35H,6-9H2,1-5H3/t10?,11?,12?,13?,14-,15-,16-,17?,18?,19?,20?,21?,22?,23+,24+,25-/m1/s1. The monoisotopic (exact) mass is 616 g/mol. The van der Waals surface area contributed by atoms with Gasteiger partial charge in [0.1, 0.15) is 79.4 Å². The van der Waals surface area contributed by atoms with Gasteiger partial charge in [-0.2, -0.15) is 0 Å². The van der Waals surface area contributed by atoms with E-state index in [9.17, 15) is 46.0 Å². The van der Waals surface area contributed by atoms with Gasteiger partial charge in [-0.15, -0.1) is 0 Å². The highest BCUT2D eigenvalue weighted by molar-refractivity contribution is 5.01. The van der Waals surface area contributed by atoms with E-state index in [0.717, 1.165) is 0 Å². The normalized spacial score (nSPS) is 46.0. The molecule has 3 rings (SSSR count). The Balaban J connectivity index is 1.93. The van der Waals surface area contributed by atoms with Crippen LogP contribution in [0.15, 0.2) is 0 Å². The molecule has 0 bridgehead atoms. The Morgan fingerprint density at radius 1 is 0.643 bits per heavy atom. The molecule has 0 amide bonds. The molecule has 16 atom stereocenters. The smallest absolute Gasteiger partial charge is 0.187 e. The van der Waals surface area contributed by atoms with Crippen LogP contribution in [0.1, 0.15) is 34.1 Å². The number of aliphatic hydroxyl groups excluding tert-OH is 9. The van der Waals surface area contributed by atoms with Gasteiger partial charge >= 0.3 is 0 Å². The summed E-state index contributed by atoms with van der Waals surface area (Å²) in [6.07, 6.45) is -22.3. The zero-order valence-corrected chi connectivity index (χ0v) is 24.4. The predicted molar refractivity (Wildman–Crippen MR) is 139 cm³/mol. The summed E-state index contributed by atoms with van der Waals surface area (Å²) in [7, 11) is 1.38. The summed E-state index contributed by atoms with van der Waals surface area (Å²) in [6.45, 7) is 4.73. The van der Waals surface area contributed by atoms with Crippen LogP contribution < -0.4 is 0 Å². The van der Waals surface area contributed by atoms with Crippen molar-refractivity contribution in [2.45, 2.75) is 138 Å². The first-order valence-corrected chi connectivity index (χ1v) is 14.1. The van der Waals surface area contributed by atoms with Gasteiger partial charge in [0.05, 0.1) is 31.5 Å². The molecule has 3 fully saturated rings. The Morgan fingerprint density at radius 2 is 1.12 bits per heavy atom. The van der Waals surface area contributed by atoms with E-state index in [-0.39, 0.29) is 0 Å². The van der Waals surface area contributed by atoms with E-state index < -0.39 is 123 Å². The lowest BCUT2D eigenvalue weighted by Crippen LogP contribution is -2.68. The molecule has 3 saturated heterocycles. The van der Waals surface area contributed by atoms with E-state index >= 15 is 0 Å². The molecule has 3 heterocycles. The zero-order valence-electron chi connectivity index (χ0n) is 24.4. The van der Waals surface area contributed by atoms with Crippen molar-refractivity contribution in [2.24, 2.45) is 0 Å². The van der Waals surface area contributed by atoms with Crippen LogP contribution in [0.2, 0.25) is 0 Å². The average Bonchev–Trinajstić information content (AvgIpc) is 2.97. The largest absolute Gasteiger partial charge is 0.394 e. The molecule has 0 radical (unpaired) electrons. The predicted octanol–water partition coefficient (Wildman–Crippen LogP) is -4.27. The van der Waals surface area contributed by atoms with E-state index in [1.165, 1.54) is 7.11 Å². The molecule has 16 heteroatoms. The minimum atomic E-state index is -1.81. The lowest BCUT2D eigenvalue weighted by Gasteiger charge is -2.51. The van der Waals surface area contributed by atoms with Crippen molar-refractivity contribution < 1.29 is 79.1 Å². The number of hydrogen-bond acceptors (Lipinski definition) is 16. The van der Waals surface area contributed by atoms with Crippen LogP contribution >= 0.6 is 0 Å². The maximum atomic E-state index is 11.0. The van der Waals surface area contributed by atoms with E-state index in [1.807, 2.05) is 6.92 Å². The van der Waals surface area contributed by atoms with Crippen LogP contribution in [0.5, 0.6) is 0 Å². The summed E-state index contributed by atoms with van der Waals surface area (Å²) in [4.78, 5) is 0. The van der Waals surface area contributed by atoms with Gasteiger partial charge in [0.2, 0.25) is 0 Å². The third-order valence-corrected chi connectivity index (χ3v) is 8.27. The van der Waals surface area contributed by atoms with Gasteiger partial charge in [-0.05, 0) is 27.2 Å². The molecular formula is C26H48O16. The lowest BCUT2D eigenvalue weighted by atomic mass is 9.86. The third kappa shape index (κ3) is 7.42. The molecule has 9 N–H and O–H groups in total. The van der Waals surface area contributed by atoms with Gasteiger partial charge in [0.25, 0.3) is 0 Å². The average molecular weight is 617 g/mol. The Hall–Kier alpha value is -0.640. The van der Waals surface area contributed by atoms with Gasteiger partial charge in [-0.3, -0.25) is 0 Å². The molecule has 3 aliphatic rings. The molecule has 16 nitrogen and oxygen atoms in total. The SMILES string of the molecule is CCC(C)OC1C(O)[C@H](OC2C(O)[C@H](O)C(CO)O[C@@H]2OC2C(O)[C@H](O)C(CO)O[C@@H]2C(C)(C)OC)OC(CO)[C@H]1O. The van der Waals surface area contributed by atoms with E-state index in [0.29, 0.717) is 6.42 Å². The zero-order chi connectivity index (χ0) is 31.5. The van der Waals surface area contributed by atoms with Crippen molar-refractivity contribution in [1.29, 1.82) is 0 Å². The van der Waals surface area contributed by atoms with Gasteiger partial charge < -0.3 is 79.1 Å². The van der Waals surface area contributed by atoms with Gasteiger partial charge in [-0.1, -0.05) is 6.92 Å². The maximum absolute atomic E-state index is 11.0. The maximum Gasteiger partial charge on any atom is 0.187 e. The number of rotatable bonds is 12. The number of ether oxygens (including phenoxy) is 7. The van der Waals surface area contributed by atoms with Gasteiger partial charge in [0.15, 0.2) is 12.6 Å². The minimum Gasteiger partial charge on any atom is -0.394 e. The molecule has 0 aromatic carbocycles. The fourth-order valence-electron chi connectivity index (χ4n) is 5.23. The van der Waals surface area contributed by atoms with Crippen LogP contribution in [-0.2, 0) is 33.2 Å². The molecule has 3 aliphatic heterocycles. The highest BCUT2D eigenvalue weighted by atomic mass is 16.8. The fraction of sp³-hybridized carbons (Fsp3) is 1.00. The Kier molecular flexibility index (Phi) is 12.9. The first kappa shape index (κ1) is 35.8. The molecule has 248 valence electrons. The van der Waals surface area contributed by atoms with Crippen LogP contribution in [0.4, 0.5) is 0 Å². The number of hydrogen-bond donors (Lipinski definition) is 9. The Labute approximate surface area is 244 Å². The van der Waals surface area contributed by atoms with E-state index in [2.05, 4.69) is 0 Å². The van der Waals surface area contributed by atoms with Crippen molar-refractivity contribution in [3.63, 3.8) is 0 Å². The highest BCUT2D eigenvalue weighted by Crippen LogP contribution is 2.36. The Bertz CT molecular complexity index is 819. The molecule has 42 heavy (non-hydrogen) atoms. The summed E-state index contributed by atoms with van der Waals surface area (Å²) >= 11 is 0. The number of aliphatic hydroxyl groups is 9. The third-order valence-electron chi connectivity index (χ3n) is 8.27. The van der Waals surface area contributed by atoms with Crippen molar-refractivity contribution in [1.82, 2.24) is 0 Å². The highest BCUT2D eigenvalue weighted by Gasteiger charge is 2.56. The van der Waals surface area contributed by atoms with E-state index in [1.54, 1.807) is 20.8 Å². The minimum absolute atomic E-state index is 0.396. The van der Waals surface area contributed by atoms with Gasteiger partial charge in [-0.25, -0.2) is 0 Å². The molecular weight excluding hydrogens is 568 g/mol. The second kappa shape index (κ2) is 15.1. The van der Waals surface area contributed by atoms with Crippen LogP contribution in [-0.4, -0.2) is 177 Å². The van der Waals surface area contributed by atoms with Crippen molar-refractivity contribution in [3.05, 3.63) is 0 Å². The fourth-order valence-corrected chi connectivity index (χ4v) is 5.23. The van der Waals surface area contributed by atoms with Crippen LogP contribution in [0, 0.1) is 0 Å². The molecule has 0 aromatic rings. The Morgan fingerprint density at radius 3 is 1.64 bits per heavy atom. The number of methoxy groups -OCH3 is 1. The quantitative estimate of drug-likeness (QED) is 0.101.